The third-order valence-corrected chi connectivity index (χ3v) is 4.96. The maximum atomic E-state index is 12.4. The van der Waals surface area contributed by atoms with Crippen molar-refractivity contribution in [2.75, 3.05) is 20.3 Å². The van der Waals surface area contributed by atoms with Crippen LogP contribution < -0.4 is 19.0 Å². The molecule has 146 valence electrons. The van der Waals surface area contributed by atoms with E-state index in [1.165, 1.54) is 11.3 Å². The number of para-hydroxylation sites is 2. The molecule has 6 nitrogen and oxygen atoms in total. The predicted octanol–water partition coefficient (Wildman–Crippen LogP) is 3.80. The highest BCUT2D eigenvalue weighted by Crippen LogP contribution is 2.26. The number of amides is 1. The summed E-state index contributed by atoms with van der Waals surface area (Å²) >= 11 is 1.43. The van der Waals surface area contributed by atoms with Gasteiger partial charge < -0.3 is 18.8 Å². The van der Waals surface area contributed by atoms with Gasteiger partial charge in [0.05, 0.1) is 23.9 Å². The summed E-state index contributed by atoms with van der Waals surface area (Å²) in [6, 6.07) is 13.0. The molecular weight excluding hydrogens is 376 g/mol. The summed E-state index contributed by atoms with van der Waals surface area (Å²) < 4.78 is 19.3. The van der Waals surface area contributed by atoms with E-state index in [-0.39, 0.29) is 12.5 Å². The van der Waals surface area contributed by atoms with Crippen LogP contribution in [0.3, 0.4) is 0 Å². The average molecular weight is 398 g/mol. The zero-order valence-corrected chi connectivity index (χ0v) is 16.7. The van der Waals surface area contributed by atoms with Crippen LogP contribution in [0.5, 0.6) is 17.2 Å². The lowest BCUT2D eigenvalue weighted by Crippen LogP contribution is -2.19. The quantitative estimate of drug-likeness (QED) is 0.542. The van der Waals surface area contributed by atoms with E-state index in [0.29, 0.717) is 29.5 Å². The number of nitrogens with zero attached hydrogens (tertiary/aromatic N) is 2. The first-order valence-corrected chi connectivity index (χ1v) is 9.68. The second-order valence-electron chi connectivity index (χ2n) is 5.79. The Morgan fingerprint density at radius 2 is 2.00 bits per heavy atom. The van der Waals surface area contributed by atoms with Crippen LogP contribution in [0.25, 0.3) is 10.2 Å². The van der Waals surface area contributed by atoms with Crippen molar-refractivity contribution >= 4 is 27.5 Å². The average Bonchev–Trinajstić information content (AvgIpc) is 3.03. The maximum absolute atomic E-state index is 12.4. The zero-order chi connectivity index (χ0) is 19.9. The molecule has 0 unspecified atom stereocenters. The maximum Gasteiger partial charge on any atom is 0.286 e. The standard InChI is InChI=1S/C21H22N2O4S/c1-4-12-23-16-11-10-15(26-5-2)13-19(16)28-21(23)22-20(24)14-27-18-9-7-6-8-17(18)25-3/h4,6-11,13H,1,5,12,14H2,2-3H3. The molecule has 3 aromatic rings. The Morgan fingerprint density at radius 3 is 2.71 bits per heavy atom. The van der Waals surface area contributed by atoms with Crippen LogP contribution in [-0.4, -0.2) is 30.8 Å². The topological polar surface area (TPSA) is 62.1 Å². The smallest absolute Gasteiger partial charge is 0.286 e. The first-order chi connectivity index (χ1) is 13.7. The van der Waals surface area contributed by atoms with Gasteiger partial charge in [-0.15, -0.1) is 6.58 Å². The third kappa shape index (κ3) is 4.43. The van der Waals surface area contributed by atoms with Crippen LogP contribution in [0.1, 0.15) is 6.92 Å². The zero-order valence-electron chi connectivity index (χ0n) is 15.9. The Hall–Kier alpha value is -3.06. The van der Waals surface area contributed by atoms with Crippen molar-refractivity contribution in [2.45, 2.75) is 13.5 Å². The second-order valence-corrected chi connectivity index (χ2v) is 6.80. The molecule has 0 atom stereocenters. The summed E-state index contributed by atoms with van der Waals surface area (Å²) in [6.07, 6.45) is 1.78. The number of methoxy groups -OCH3 is 1. The van der Waals surface area contributed by atoms with Crippen LogP contribution in [0.2, 0.25) is 0 Å². The molecule has 1 heterocycles. The fourth-order valence-corrected chi connectivity index (χ4v) is 3.80. The Morgan fingerprint density at radius 1 is 1.21 bits per heavy atom. The van der Waals surface area contributed by atoms with Gasteiger partial charge in [-0.3, -0.25) is 4.79 Å². The fraction of sp³-hybridized carbons (Fsp3) is 0.238. The molecule has 1 aromatic heterocycles. The van der Waals surface area contributed by atoms with Gasteiger partial charge in [-0.05, 0) is 37.3 Å². The van der Waals surface area contributed by atoms with Crippen molar-refractivity contribution in [2.24, 2.45) is 4.99 Å². The molecule has 0 saturated carbocycles. The number of hydrogen-bond acceptors (Lipinski definition) is 5. The molecule has 0 bridgehead atoms. The van der Waals surface area contributed by atoms with E-state index in [4.69, 9.17) is 14.2 Å². The van der Waals surface area contributed by atoms with Crippen molar-refractivity contribution in [3.05, 3.63) is 59.9 Å². The molecule has 28 heavy (non-hydrogen) atoms. The Balaban J connectivity index is 1.87. The minimum Gasteiger partial charge on any atom is -0.494 e. The highest BCUT2D eigenvalue weighted by Gasteiger charge is 2.10. The first-order valence-electron chi connectivity index (χ1n) is 8.86. The monoisotopic (exact) mass is 398 g/mol. The van der Waals surface area contributed by atoms with Gasteiger partial charge in [0, 0.05) is 6.54 Å². The number of allylic oxidation sites excluding steroid dienone is 1. The van der Waals surface area contributed by atoms with Crippen molar-refractivity contribution in [1.82, 2.24) is 4.57 Å². The number of fused-ring (bicyclic) bond motifs is 1. The SMILES string of the molecule is C=CCn1c(=NC(=O)COc2ccccc2OC)sc2cc(OCC)ccc21. The van der Waals surface area contributed by atoms with Gasteiger partial charge in [-0.1, -0.05) is 29.5 Å². The van der Waals surface area contributed by atoms with Gasteiger partial charge >= 0.3 is 0 Å². The first kappa shape index (κ1) is 19.7. The second kappa shape index (κ2) is 9.23. The largest absolute Gasteiger partial charge is 0.494 e. The Bertz CT molecular complexity index is 1050. The molecule has 0 N–H and O–H groups in total. The summed E-state index contributed by atoms with van der Waals surface area (Å²) in [6.45, 7) is 6.71. The molecule has 0 aliphatic heterocycles. The Labute approximate surface area is 167 Å². The van der Waals surface area contributed by atoms with Crippen LogP contribution in [0.4, 0.5) is 0 Å². The summed E-state index contributed by atoms with van der Waals surface area (Å²) in [4.78, 5) is 17.2. The van der Waals surface area contributed by atoms with E-state index >= 15 is 0 Å². The number of aromatic nitrogens is 1. The lowest BCUT2D eigenvalue weighted by molar-refractivity contribution is -0.120. The normalized spacial score (nSPS) is 11.4. The number of thiazole rings is 1. The summed E-state index contributed by atoms with van der Waals surface area (Å²) in [5.74, 6) is 1.49. The number of benzene rings is 2. The lowest BCUT2D eigenvalue weighted by atomic mass is 10.3. The predicted molar refractivity (Wildman–Crippen MR) is 110 cm³/mol. The van der Waals surface area contributed by atoms with Crippen LogP contribution in [0.15, 0.2) is 60.1 Å². The highest BCUT2D eigenvalue weighted by atomic mass is 32.1. The van der Waals surface area contributed by atoms with Gasteiger partial charge in [0.25, 0.3) is 5.91 Å². The lowest BCUT2D eigenvalue weighted by Gasteiger charge is -2.08. The van der Waals surface area contributed by atoms with E-state index in [1.807, 2.05) is 41.8 Å². The van der Waals surface area contributed by atoms with E-state index in [9.17, 15) is 4.79 Å². The van der Waals surface area contributed by atoms with E-state index < -0.39 is 0 Å². The van der Waals surface area contributed by atoms with E-state index in [2.05, 4.69) is 11.6 Å². The van der Waals surface area contributed by atoms with Crippen molar-refractivity contribution in [3.63, 3.8) is 0 Å². The van der Waals surface area contributed by atoms with Crippen LogP contribution in [0, 0.1) is 0 Å². The molecule has 0 spiro atoms. The van der Waals surface area contributed by atoms with Gasteiger partial charge in [0.2, 0.25) is 0 Å². The van der Waals surface area contributed by atoms with Gasteiger partial charge in [0.1, 0.15) is 5.75 Å². The fourth-order valence-electron chi connectivity index (χ4n) is 2.72. The minimum absolute atomic E-state index is 0.174. The highest BCUT2D eigenvalue weighted by molar-refractivity contribution is 7.16. The molecule has 0 fully saturated rings. The number of rotatable bonds is 8. The molecule has 2 aromatic carbocycles. The number of carbonyl (C=O) groups excluding carboxylic acids is 1. The molecule has 7 heteroatoms. The molecule has 0 saturated heterocycles. The van der Waals surface area contributed by atoms with Crippen molar-refractivity contribution in [3.8, 4) is 17.2 Å². The molecule has 1 amide bonds. The summed E-state index contributed by atoms with van der Waals surface area (Å²) in [7, 11) is 1.56. The number of ether oxygens (including phenoxy) is 3. The summed E-state index contributed by atoms with van der Waals surface area (Å²) in [5, 5.41) is 0. The number of hydrogen-bond donors (Lipinski definition) is 0. The van der Waals surface area contributed by atoms with Gasteiger partial charge in [-0.2, -0.15) is 4.99 Å². The van der Waals surface area contributed by atoms with E-state index in [0.717, 1.165) is 16.0 Å². The van der Waals surface area contributed by atoms with Crippen LogP contribution in [-0.2, 0) is 11.3 Å². The van der Waals surface area contributed by atoms with Crippen LogP contribution >= 0.6 is 11.3 Å². The molecule has 0 radical (unpaired) electrons. The van der Waals surface area contributed by atoms with Crippen molar-refractivity contribution < 1.29 is 19.0 Å². The van der Waals surface area contributed by atoms with Crippen molar-refractivity contribution in [1.29, 1.82) is 0 Å². The molecule has 3 rings (SSSR count). The van der Waals surface area contributed by atoms with E-state index in [1.54, 1.807) is 25.3 Å². The molecular formula is C21H22N2O4S. The molecule has 0 aliphatic carbocycles. The van der Waals surface area contributed by atoms with Gasteiger partial charge in [0.15, 0.2) is 22.9 Å². The minimum atomic E-state index is -0.375. The summed E-state index contributed by atoms with van der Waals surface area (Å²) in [5.41, 5.74) is 0.977. The van der Waals surface area contributed by atoms with Gasteiger partial charge in [-0.25, -0.2) is 0 Å². The third-order valence-electron chi connectivity index (χ3n) is 3.92. The Kier molecular flexibility index (Phi) is 6.49. The molecule has 0 aliphatic rings. The number of carbonyl (C=O) groups is 1.